The van der Waals surface area contributed by atoms with Gasteiger partial charge in [-0.25, -0.2) is 57.4 Å². The van der Waals surface area contributed by atoms with Gasteiger partial charge in [-0.1, -0.05) is 0 Å². The van der Waals surface area contributed by atoms with Crippen molar-refractivity contribution in [1.82, 2.24) is 118 Å². The lowest BCUT2D eigenvalue weighted by molar-refractivity contribution is -0.0375. The highest BCUT2D eigenvalue weighted by atomic mass is 19.1. The van der Waals surface area contributed by atoms with Gasteiger partial charge in [-0.2, -0.15) is 38.5 Å². The van der Waals surface area contributed by atoms with Gasteiger partial charge in [0.05, 0.1) is 147 Å². The number of carbonyl (C=O) groups excluding carboxylic acids is 4. The first kappa shape index (κ1) is 92.1. The minimum absolute atomic E-state index is 0.171. The number of anilines is 4. The number of halogens is 4. The molecule has 0 bridgehead atoms. The number of pyridine rings is 4. The molecule has 20 heterocycles. The van der Waals surface area contributed by atoms with E-state index < -0.39 is 96.9 Å². The smallest absolute Gasteiger partial charge is 0.257 e. The van der Waals surface area contributed by atoms with E-state index in [9.17, 15) is 57.2 Å². The van der Waals surface area contributed by atoms with Crippen LogP contribution in [0.25, 0.3) is 112 Å². The molecule has 0 aromatic carbocycles. The van der Waals surface area contributed by atoms with E-state index in [4.69, 9.17) is 38.9 Å². The fourth-order valence-electron chi connectivity index (χ4n) is 19.5. The quantitative estimate of drug-likeness (QED) is 0.0316. The molecular formula is C96H104F4N28O12. The average Bonchev–Trinajstić information content (AvgIpc) is 1.60. The van der Waals surface area contributed by atoms with Crippen LogP contribution < -0.4 is 42.5 Å². The fourth-order valence-corrected chi connectivity index (χ4v) is 19.5. The summed E-state index contributed by atoms with van der Waals surface area (Å²) in [7, 11) is 7.08. The van der Waals surface area contributed by atoms with Crippen molar-refractivity contribution < 1.29 is 76.1 Å². The van der Waals surface area contributed by atoms with Crippen LogP contribution in [0.4, 0.5) is 40.8 Å². The summed E-state index contributed by atoms with van der Waals surface area (Å²) in [5.74, 6) is 1.00. The molecule has 728 valence electrons. The average molecular weight is 1920 g/mol. The molecule has 0 radical (unpaired) electrons. The highest BCUT2D eigenvalue weighted by Crippen LogP contribution is 2.43. The molecule has 4 saturated carbocycles. The molecule has 40 nitrogen and oxygen atoms in total. The number of hydrogen-bond donors (Lipinski definition) is 12. The van der Waals surface area contributed by atoms with Gasteiger partial charge in [0, 0.05) is 172 Å². The van der Waals surface area contributed by atoms with Gasteiger partial charge in [-0.05, 0) is 126 Å². The second kappa shape index (κ2) is 38.8. The first-order chi connectivity index (χ1) is 68.2. The number of rotatable bonds is 20. The summed E-state index contributed by atoms with van der Waals surface area (Å²) in [6.45, 7) is 3.34. The lowest BCUT2D eigenvalue weighted by Crippen LogP contribution is -2.48. The van der Waals surface area contributed by atoms with Crippen molar-refractivity contribution in [3.05, 3.63) is 169 Å². The summed E-state index contributed by atoms with van der Waals surface area (Å²) >= 11 is 0. The van der Waals surface area contributed by atoms with Crippen molar-refractivity contribution >= 4 is 114 Å². The summed E-state index contributed by atoms with van der Waals surface area (Å²) in [6.07, 6.45) is 20.9. The Bertz CT molecular complexity index is 6520. The SMILES string of the molecule is CNc1cc(-c2cn([C@@H]3CCOC[C@H]3O)c3ncccc23)nc2c(C(=O)NC3CC[C@@H]3F)cnn12.CNc1cc(-c2cn([C@@H]3CCOC[C@H]3O)c3ncccc23)nc2c(C(=O)N[C@H]3CC[C@@H]3F)cnn12.CNc1cc(-c2cn([C@H]3CCOC[C@@H]3O)c3ncccc23)nc2c(C(=O)N[C@@H]3CC[C@H]3F)cnn12.CNc1cc(-c2cn([C@H]3CCOC[C@@H]3O)c3ncccc23)nc2c(C(=O)N[C@H]3CC[C@@H]3F)cnn12. The number of nitrogens with one attached hydrogen (secondary N) is 8. The first-order valence-electron chi connectivity index (χ1n) is 47.1. The summed E-state index contributed by atoms with van der Waals surface area (Å²) in [5, 5.41) is 86.7. The van der Waals surface area contributed by atoms with Crippen molar-refractivity contribution in [2.24, 2.45) is 0 Å². The standard InChI is InChI=1S/4C24H26FN7O3/c4*1-26-21-9-18(29-23-14(10-28-32(21)23)24(34)30-17-5-4-16(17)25)15-11-31(19-6-8-35-12-20(19)33)22-13(15)3-2-7-27-22/h4*2-3,7,9-11,16-17,19-20,26,33H,4-6,8,12H2,1H3,(H,30,34)/t16-,17?,19+,20+;2*16-,17-,19+,20+;16-,17-,19-,20-/m0100/s1. The number of alkyl halides is 4. The van der Waals surface area contributed by atoms with E-state index in [1.165, 1.54) is 24.8 Å². The Morgan fingerprint density at radius 1 is 0.321 bits per heavy atom. The van der Waals surface area contributed by atoms with E-state index in [1.807, 2.05) is 116 Å². The van der Waals surface area contributed by atoms with Gasteiger partial charge < -0.3 is 100 Å². The highest BCUT2D eigenvalue weighted by molar-refractivity contribution is 6.05. The number of aliphatic hydroxyl groups excluding tert-OH is 4. The van der Waals surface area contributed by atoms with E-state index in [0.29, 0.717) is 172 Å². The van der Waals surface area contributed by atoms with Crippen LogP contribution >= 0.6 is 0 Å². The van der Waals surface area contributed by atoms with Crippen LogP contribution in [0.1, 0.15) is 143 Å². The van der Waals surface area contributed by atoms with E-state index in [-0.39, 0.29) is 72.8 Å². The molecular weight excluding hydrogens is 1810 g/mol. The maximum atomic E-state index is 13.7. The van der Waals surface area contributed by atoms with Gasteiger partial charge >= 0.3 is 0 Å². The number of nitrogens with zero attached hydrogens (tertiary/aromatic N) is 20. The molecule has 4 saturated heterocycles. The minimum atomic E-state index is -1.02. The number of fused-ring (bicyclic) bond motifs is 8. The third kappa shape index (κ3) is 17.1. The molecule has 16 atom stereocenters. The van der Waals surface area contributed by atoms with Gasteiger partial charge in [0.15, 0.2) is 22.6 Å². The lowest BCUT2D eigenvalue weighted by Gasteiger charge is -2.30. The number of hydrogen-bond acceptors (Lipinski definition) is 28. The van der Waals surface area contributed by atoms with Gasteiger partial charge in [-0.15, -0.1) is 0 Å². The van der Waals surface area contributed by atoms with Crippen molar-refractivity contribution in [1.29, 1.82) is 0 Å². The van der Waals surface area contributed by atoms with Crippen molar-refractivity contribution in [2.45, 2.75) is 174 Å². The maximum absolute atomic E-state index is 13.7. The van der Waals surface area contributed by atoms with Crippen LogP contribution in [0.3, 0.4) is 0 Å². The zero-order chi connectivity index (χ0) is 96.4. The number of carbonyl (C=O) groups is 4. The second-order valence-corrected chi connectivity index (χ2v) is 36.3. The minimum Gasteiger partial charge on any atom is -0.389 e. The zero-order valence-electron chi connectivity index (χ0n) is 76.7. The molecule has 44 heteroatoms. The normalized spacial score (nSPS) is 24.4. The Labute approximate surface area is 795 Å². The highest BCUT2D eigenvalue weighted by Gasteiger charge is 2.40. The molecule has 8 aliphatic rings. The van der Waals surface area contributed by atoms with Crippen LogP contribution in [-0.2, 0) is 18.9 Å². The van der Waals surface area contributed by atoms with Crippen LogP contribution in [0.15, 0.2) is 147 Å². The Balaban J connectivity index is 0.000000111. The molecule has 16 aromatic heterocycles. The molecule has 140 heavy (non-hydrogen) atoms. The van der Waals surface area contributed by atoms with Crippen molar-refractivity contribution in [2.75, 3.05) is 102 Å². The lowest BCUT2D eigenvalue weighted by atomic mass is 9.90. The zero-order valence-corrected chi connectivity index (χ0v) is 76.7. The van der Waals surface area contributed by atoms with Gasteiger partial charge in [0.2, 0.25) is 0 Å². The van der Waals surface area contributed by atoms with E-state index in [0.717, 1.165) is 66.4 Å². The second-order valence-electron chi connectivity index (χ2n) is 36.3. The Morgan fingerprint density at radius 2 is 0.543 bits per heavy atom. The van der Waals surface area contributed by atoms with E-state index in [2.05, 4.69) is 82.9 Å². The Morgan fingerprint density at radius 3 is 0.729 bits per heavy atom. The third-order valence-corrected chi connectivity index (χ3v) is 28.0. The molecule has 24 rings (SSSR count). The first-order valence-corrected chi connectivity index (χ1v) is 47.1. The number of amides is 4. The molecule has 4 aliphatic heterocycles. The molecule has 4 aliphatic carbocycles. The van der Waals surface area contributed by atoms with Gasteiger partial charge in [-0.3, -0.25) is 19.2 Å². The summed E-state index contributed by atoms with van der Waals surface area (Å²) < 4.78 is 90.8. The number of ether oxygens (including phenoxy) is 4. The van der Waals surface area contributed by atoms with Gasteiger partial charge in [0.1, 0.15) is 92.8 Å². The number of aliphatic hydroxyl groups is 4. The third-order valence-electron chi connectivity index (χ3n) is 28.0. The van der Waals surface area contributed by atoms with Gasteiger partial charge in [0.25, 0.3) is 23.6 Å². The van der Waals surface area contributed by atoms with E-state index in [1.54, 1.807) is 71.0 Å². The monoisotopic (exact) mass is 1920 g/mol. The molecule has 1 unspecified atom stereocenters. The topological polar surface area (TPSA) is 474 Å². The predicted octanol–water partition coefficient (Wildman–Crippen LogP) is 9.36. The Hall–Kier alpha value is -14.3. The molecule has 4 amide bonds. The molecule has 12 N–H and O–H groups in total. The molecule has 8 fully saturated rings. The van der Waals surface area contributed by atoms with Crippen molar-refractivity contribution in [3.63, 3.8) is 0 Å². The maximum Gasteiger partial charge on any atom is 0.257 e. The predicted molar refractivity (Wildman–Crippen MR) is 508 cm³/mol. The van der Waals surface area contributed by atoms with Crippen LogP contribution in [0, 0.1) is 0 Å². The van der Waals surface area contributed by atoms with E-state index >= 15 is 0 Å². The molecule has 0 spiro atoms. The fraction of sp³-hybridized carbons (Fsp3) is 0.417. The van der Waals surface area contributed by atoms with Crippen molar-refractivity contribution in [3.8, 4) is 45.0 Å². The van der Waals surface area contributed by atoms with Crippen LogP contribution in [0.2, 0.25) is 0 Å². The summed E-state index contributed by atoms with van der Waals surface area (Å²) in [4.78, 5) is 89.3. The summed E-state index contributed by atoms with van der Waals surface area (Å²) in [5.41, 5.74) is 11.4. The largest absolute Gasteiger partial charge is 0.389 e. The summed E-state index contributed by atoms with van der Waals surface area (Å²) in [6, 6.07) is 20.2. The number of aromatic nitrogens is 20. The van der Waals surface area contributed by atoms with Crippen LogP contribution in [-0.4, -0.2) is 295 Å². The van der Waals surface area contributed by atoms with Crippen LogP contribution in [0.5, 0.6) is 0 Å². The molecule has 16 aromatic rings. The Kier molecular flexibility index (Phi) is 25.5.